The smallest absolute Gasteiger partial charge is 0.414 e. The van der Waals surface area contributed by atoms with Crippen molar-refractivity contribution in [1.82, 2.24) is 20.2 Å². The van der Waals surface area contributed by atoms with Gasteiger partial charge in [0.05, 0.1) is 22.1 Å². The van der Waals surface area contributed by atoms with Gasteiger partial charge in [-0.1, -0.05) is 18.2 Å². The first kappa shape index (κ1) is 16.8. The molecule has 4 rings (SSSR count). The highest BCUT2D eigenvalue weighted by molar-refractivity contribution is 5.98. The molecule has 8 nitrogen and oxygen atoms in total. The zero-order valence-corrected chi connectivity index (χ0v) is 14.8. The Kier molecular flexibility index (Phi) is 3.88. The van der Waals surface area contributed by atoms with Crippen molar-refractivity contribution in [1.29, 1.82) is 0 Å². The van der Waals surface area contributed by atoms with Gasteiger partial charge in [-0.05, 0) is 37.6 Å². The van der Waals surface area contributed by atoms with E-state index >= 15 is 0 Å². The van der Waals surface area contributed by atoms with Crippen LogP contribution in [0.3, 0.4) is 0 Å². The molecule has 2 heterocycles. The number of rotatable bonds is 3. The number of imidazole rings is 1. The molecule has 8 heteroatoms. The lowest BCUT2D eigenvalue weighted by atomic mass is 10.0. The summed E-state index contributed by atoms with van der Waals surface area (Å²) in [7, 11) is 0. The number of aromatic amines is 2. The summed E-state index contributed by atoms with van der Waals surface area (Å²) in [6.45, 7) is 3.96. The molecule has 0 unspecified atom stereocenters. The predicted octanol–water partition coefficient (Wildman–Crippen LogP) is 3.28. The van der Waals surface area contributed by atoms with E-state index in [9.17, 15) is 14.7 Å². The number of hydrogen-bond acceptors (Lipinski definition) is 4. The maximum absolute atomic E-state index is 12.1. The van der Waals surface area contributed by atoms with Gasteiger partial charge in [-0.15, -0.1) is 0 Å². The Bertz CT molecular complexity index is 1240. The van der Waals surface area contributed by atoms with Gasteiger partial charge in [-0.3, -0.25) is 4.79 Å². The van der Waals surface area contributed by atoms with Crippen LogP contribution < -0.4 is 10.5 Å². The molecule has 1 amide bonds. The van der Waals surface area contributed by atoms with E-state index in [1.54, 1.807) is 19.1 Å². The Morgan fingerprint density at radius 3 is 2.81 bits per heavy atom. The van der Waals surface area contributed by atoms with Crippen molar-refractivity contribution in [2.75, 3.05) is 11.4 Å². The maximum Gasteiger partial charge on any atom is 0.414 e. The van der Waals surface area contributed by atoms with E-state index in [0.717, 1.165) is 21.4 Å². The molecule has 0 aliphatic heterocycles. The molecular formula is C19H17N5O3. The van der Waals surface area contributed by atoms with Crippen molar-refractivity contribution in [2.24, 2.45) is 0 Å². The summed E-state index contributed by atoms with van der Waals surface area (Å²) in [5.74, 6) is 0.271. The van der Waals surface area contributed by atoms with Gasteiger partial charge in [-0.2, -0.15) is 5.10 Å². The zero-order chi connectivity index (χ0) is 19.1. The Hall–Kier alpha value is -3.68. The number of fused-ring (bicyclic) bond motifs is 2. The second kappa shape index (κ2) is 6.24. The fourth-order valence-electron chi connectivity index (χ4n) is 3.25. The van der Waals surface area contributed by atoms with E-state index < -0.39 is 6.09 Å². The Morgan fingerprint density at radius 2 is 2.07 bits per heavy atom. The van der Waals surface area contributed by atoms with Crippen molar-refractivity contribution >= 4 is 33.8 Å². The fourth-order valence-corrected chi connectivity index (χ4v) is 3.25. The van der Waals surface area contributed by atoms with Crippen molar-refractivity contribution in [3.05, 3.63) is 52.3 Å². The molecule has 0 spiro atoms. The number of amides is 1. The largest absolute Gasteiger partial charge is 0.465 e. The second-order valence-electron chi connectivity index (χ2n) is 6.22. The minimum Gasteiger partial charge on any atom is -0.465 e. The third-order valence-corrected chi connectivity index (χ3v) is 4.57. The van der Waals surface area contributed by atoms with E-state index in [-0.39, 0.29) is 18.1 Å². The minimum absolute atomic E-state index is 0.234. The van der Waals surface area contributed by atoms with E-state index in [1.807, 2.05) is 31.2 Å². The van der Waals surface area contributed by atoms with Crippen LogP contribution in [0, 0.1) is 6.92 Å². The third-order valence-electron chi connectivity index (χ3n) is 4.57. The number of carboxylic acid groups (broad SMARTS) is 1. The number of aryl methyl sites for hydroxylation is 1. The average Bonchev–Trinajstić information content (AvgIpc) is 3.05. The van der Waals surface area contributed by atoms with E-state index in [4.69, 9.17) is 0 Å². The Labute approximate surface area is 153 Å². The van der Waals surface area contributed by atoms with Gasteiger partial charge in [0, 0.05) is 17.5 Å². The van der Waals surface area contributed by atoms with Gasteiger partial charge >= 0.3 is 6.09 Å². The highest BCUT2D eigenvalue weighted by atomic mass is 16.4. The summed E-state index contributed by atoms with van der Waals surface area (Å²) in [6.07, 6.45) is -1.07. The molecule has 2 aromatic heterocycles. The van der Waals surface area contributed by atoms with Gasteiger partial charge in [0.2, 0.25) is 5.95 Å². The molecule has 0 saturated heterocycles. The minimum atomic E-state index is -1.07. The Morgan fingerprint density at radius 1 is 1.26 bits per heavy atom. The molecule has 4 aromatic rings. The van der Waals surface area contributed by atoms with Gasteiger partial charge in [0.25, 0.3) is 5.56 Å². The first-order valence-electron chi connectivity index (χ1n) is 8.48. The number of anilines is 1. The number of carbonyl (C=O) groups is 1. The van der Waals surface area contributed by atoms with Crippen LogP contribution in [0.5, 0.6) is 0 Å². The summed E-state index contributed by atoms with van der Waals surface area (Å²) < 4.78 is 0. The number of nitrogens with one attached hydrogen (secondary N) is 2. The highest BCUT2D eigenvalue weighted by Gasteiger charge is 2.17. The quantitative estimate of drug-likeness (QED) is 0.517. The number of benzene rings is 2. The summed E-state index contributed by atoms with van der Waals surface area (Å²) in [4.78, 5) is 32.0. The molecule has 3 N–H and O–H groups in total. The normalized spacial score (nSPS) is 11.2. The topological polar surface area (TPSA) is 115 Å². The number of nitrogens with zero attached hydrogens (tertiary/aromatic N) is 3. The standard InChI is InChI=1S/C19H17N5O3/c1-3-24(19(26)27)18-20-13-8-7-11(9-14(13)21-18)16-15-10(2)5-4-6-12(15)17(25)23-22-16/h4-9H,3H2,1-2H3,(H,20,21)(H,23,25)(H,26,27). The maximum atomic E-state index is 12.1. The monoisotopic (exact) mass is 363 g/mol. The molecule has 136 valence electrons. The van der Waals surface area contributed by atoms with Crippen LogP contribution in [-0.4, -0.2) is 37.9 Å². The average molecular weight is 363 g/mol. The third kappa shape index (κ3) is 2.71. The second-order valence-corrected chi connectivity index (χ2v) is 6.22. The first-order chi connectivity index (χ1) is 13.0. The molecule has 0 atom stereocenters. The molecular weight excluding hydrogens is 346 g/mol. The van der Waals surface area contributed by atoms with Crippen LogP contribution in [0.2, 0.25) is 0 Å². The van der Waals surface area contributed by atoms with E-state index in [0.29, 0.717) is 22.1 Å². The molecule has 0 fully saturated rings. The zero-order valence-electron chi connectivity index (χ0n) is 14.8. The highest BCUT2D eigenvalue weighted by Crippen LogP contribution is 2.29. The summed E-state index contributed by atoms with van der Waals surface area (Å²) in [5.41, 5.74) is 3.52. The lowest BCUT2D eigenvalue weighted by molar-refractivity contribution is 0.202. The SMILES string of the molecule is CCN(C(=O)O)c1nc2ccc(-c3n[nH]c(=O)c4cccc(C)c34)cc2[nH]1. The van der Waals surface area contributed by atoms with E-state index in [2.05, 4.69) is 20.2 Å². The van der Waals surface area contributed by atoms with Crippen LogP contribution in [0.25, 0.3) is 33.1 Å². The molecule has 0 aliphatic rings. The predicted molar refractivity (Wildman–Crippen MR) is 103 cm³/mol. The van der Waals surface area contributed by atoms with Crippen molar-refractivity contribution < 1.29 is 9.90 Å². The first-order valence-corrected chi connectivity index (χ1v) is 8.48. The summed E-state index contributed by atoms with van der Waals surface area (Å²) in [5, 5.41) is 17.5. The van der Waals surface area contributed by atoms with Crippen LogP contribution in [0.15, 0.2) is 41.2 Å². The van der Waals surface area contributed by atoms with Gasteiger partial charge in [-0.25, -0.2) is 19.8 Å². The lowest BCUT2D eigenvalue weighted by Crippen LogP contribution is -2.29. The molecule has 0 saturated carbocycles. The molecule has 27 heavy (non-hydrogen) atoms. The van der Waals surface area contributed by atoms with Crippen LogP contribution >= 0.6 is 0 Å². The van der Waals surface area contributed by atoms with Gasteiger partial charge in [0.15, 0.2) is 0 Å². The molecule has 0 aliphatic carbocycles. The van der Waals surface area contributed by atoms with Gasteiger partial charge in [0.1, 0.15) is 0 Å². The summed E-state index contributed by atoms with van der Waals surface area (Å²) >= 11 is 0. The molecule has 0 radical (unpaired) electrons. The molecule has 0 bridgehead atoms. The van der Waals surface area contributed by atoms with Crippen LogP contribution in [0.4, 0.5) is 10.7 Å². The lowest BCUT2D eigenvalue weighted by Gasteiger charge is -2.12. The number of hydrogen-bond donors (Lipinski definition) is 3. The fraction of sp³-hybridized carbons (Fsp3) is 0.158. The van der Waals surface area contributed by atoms with Crippen molar-refractivity contribution in [2.45, 2.75) is 13.8 Å². The summed E-state index contributed by atoms with van der Waals surface area (Å²) in [6, 6.07) is 11.1. The van der Waals surface area contributed by atoms with Crippen molar-refractivity contribution in [3.63, 3.8) is 0 Å². The Balaban J connectivity index is 1.91. The van der Waals surface area contributed by atoms with Gasteiger partial charge < -0.3 is 10.1 Å². The number of aromatic nitrogens is 4. The number of H-pyrrole nitrogens is 2. The van der Waals surface area contributed by atoms with Crippen LogP contribution in [0.1, 0.15) is 12.5 Å². The van der Waals surface area contributed by atoms with E-state index in [1.165, 1.54) is 0 Å². The molecule has 2 aromatic carbocycles. The van der Waals surface area contributed by atoms with Crippen LogP contribution in [-0.2, 0) is 0 Å². The van der Waals surface area contributed by atoms with Crippen molar-refractivity contribution in [3.8, 4) is 11.3 Å².